The fourth-order valence-electron chi connectivity index (χ4n) is 1.55. The van der Waals surface area contributed by atoms with Crippen molar-refractivity contribution in [2.24, 2.45) is 4.99 Å². The average molecular weight is 275 g/mol. The zero-order valence-corrected chi connectivity index (χ0v) is 10.6. The van der Waals surface area contributed by atoms with Gasteiger partial charge >= 0.3 is 5.97 Å². The van der Waals surface area contributed by atoms with Gasteiger partial charge in [-0.2, -0.15) is 0 Å². The summed E-state index contributed by atoms with van der Waals surface area (Å²) in [6, 6.07) is 9.61. The van der Waals surface area contributed by atoms with Crippen molar-refractivity contribution in [2.45, 2.75) is 0 Å². The number of methoxy groups -OCH3 is 1. The van der Waals surface area contributed by atoms with Crippen molar-refractivity contribution in [3.8, 4) is 0 Å². The molecule has 2 rings (SSSR count). The maximum absolute atomic E-state index is 13.4. The summed E-state index contributed by atoms with van der Waals surface area (Å²) in [5.41, 5.74) is 1.14. The molecule has 0 bridgehead atoms. The van der Waals surface area contributed by atoms with Gasteiger partial charge in [-0.3, -0.25) is 4.99 Å². The summed E-state index contributed by atoms with van der Waals surface area (Å²) in [4.78, 5) is 15.2. The van der Waals surface area contributed by atoms with Crippen LogP contribution in [0.5, 0.6) is 0 Å². The summed E-state index contributed by atoms with van der Waals surface area (Å²) < 4.78 is 30.7. The van der Waals surface area contributed by atoms with Crippen LogP contribution in [0.25, 0.3) is 0 Å². The number of hydrogen-bond donors (Lipinski definition) is 0. The van der Waals surface area contributed by atoms with Crippen LogP contribution in [0.15, 0.2) is 47.5 Å². The Bertz CT molecular complexity index is 651. The van der Waals surface area contributed by atoms with Crippen LogP contribution in [0.4, 0.5) is 14.5 Å². The van der Waals surface area contributed by atoms with Crippen molar-refractivity contribution in [1.82, 2.24) is 0 Å². The van der Waals surface area contributed by atoms with Crippen molar-refractivity contribution in [3.63, 3.8) is 0 Å². The molecule has 2 aromatic carbocycles. The predicted octanol–water partition coefficient (Wildman–Crippen LogP) is 3.50. The second kappa shape index (κ2) is 6.06. The summed E-state index contributed by atoms with van der Waals surface area (Å²) in [7, 11) is 1.30. The number of carbonyl (C=O) groups excluding carboxylic acids is 1. The molecule has 0 fully saturated rings. The van der Waals surface area contributed by atoms with E-state index in [4.69, 9.17) is 0 Å². The van der Waals surface area contributed by atoms with Gasteiger partial charge in [-0.1, -0.05) is 12.1 Å². The molecule has 0 amide bonds. The molecule has 0 aliphatic rings. The quantitative estimate of drug-likeness (QED) is 0.635. The minimum absolute atomic E-state index is 0.0449. The SMILES string of the molecule is COC(=O)c1ccc(/C=N/c2ccc(F)cc2F)cc1. The van der Waals surface area contributed by atoms with Gasteiger partial charge in [0.2, 0.25) is 0 Å². The number of aliphatic imine (C=N–C) groups is 1. The number of benzene rings is 2. The largest absolute Gasteiger partial charge is 0.465 e. The molecule has 0 saturated carbocycles. The number of ether oxygens (including phenoxy) is 1. The topological polar surface area (TPSA) is 38.7 Å². The van der Waals surface area contributed by atoms with E-state index in [0.717, 1.165) is 12.1 Å². The highest BCUT2D eigenvalue weighted by molar-refractivity contribution is 5.90. The highest BCUT2D eigenvalue weighted by Gasteiger charge is 2.04. The van der Waals surface area contributed by atoms with Gasteiger partial charge in [-0.15, -0.1) is 0 Å². The van der Waals surface area contributed by atoms with Crippen LogP contribution in [-0.2, 0) is 4.74 Å². The van der Waals surface area contributed by atoms with Crippen molar-refractivity contribution in [1.29, 1.82) is 0 Å². The third kappa shape index (κ3) is 3.26. The first-order chi connectivity index (χ1) is 9.60. The second-order valence-electron chi connectivity index (χ2n) is 3.97. The zero-order chi connectivity index (χ0) is 14.5. The van der Waals surface area contributed by atoms with Gasteiger partial charge in [-0.25, -0.2) is 13.6 Å². The molecule has 0 aliphatic heterocycles. The Hall–Kier alpha value is -2.56. The number of halogens is 2. The van der Waals surface area contributed by atoms with E-state index in [1.165, 1.54) is 19.4 Å². The molecule has 0 unspecified atom stereocenters. The first kappa shape index (κ1) is 13.9. The van der Waals surface area contributed by atoms with E-state index >= 15 is 0 Å². The molecule has 0 radical (unpaired) electrons. The molecule has 0 N–H and O–H groups in total. The Kier molecular flexibility index (Phi) is 4.20. The van der Waals surface area contributed by atoms with Gasteiger partial charge in [-0.05, 0) is 29.8 Å². The van der Waals surface area contributed by atoms with Crippen LogP contribution in [-0.4, -0.2) is 19.3 Å². The maximum atomic E-state index is 13.4. The summed E-state index contributed by atoms with van der Waals surface area (Å²) >= 11 is 0. The molecule has 0 spiro atoms. The Morgan fingerprint density at radius 3 is 2.45 bits per heavy atom. The summed E-state index contributed by atoms with van der Waals surface area (Å²) in [6.07, 6.45) is 1.43. The van der Waals surface area contributed by atoms with Crippen molar-refractivity contribution in [2.75, 3.05) is 7.11 Å². The lowest BCUT2D eigenvalue weighted by Gasteiger charge is -1.99. The smallest absolute Gasteiger partial charge is 0.337 e. The van der Waals surface area contributed by atoms with E-state index in [-0.39, 0.29) is 5.69 Å². The minimum Gasteiger partial charge on any atom is -0.465 e. The highest BCUT2D eigenvalue weighted by atomic mass is 19.1. The van der Waals surface area contributed by atoms with Gasteiger partial charge in [0.1, 0.15) is 5.82 Å². The van der Waals surface area contributed by atoms with Crippen LogP contribution in [0.3, 0.4) is 0 Å². The first-order valence-corrected chi connectivity index (χ1v) is 5.77. The van der Waals surface area contributed by atoms with Crippen molar-refractivity contribution >= 4 is 17.9 Å². The van der Waals surface area contributed by atoms with Crippen LogP contribution in [0, 0.1) is 11.6 Å². The molecule has 0 heterocycles. The fraction of sp³-hybridized carbons (Fsp3) is 0.0667. The lowest BCUT2D eigenvalue weighted by Crippen LogP contribution is -2.00. The van der Waals surface area contributed by atoms with E-state index in [1.807, 2.05) is 0 Å². The van der Waals surface area contributed by atoms with Crippen LogP contribution >= 0.6 is 0 Å². The molecular formula is C15H11F2NO2. The molecule has 20 heavy (non-hydrogen) atoms. The predicted molar refractivity (Wildman–Crippen MR) is 71.4 cm³/mol. The lowest BCUT2D eigenvalue weighted by atomic mass is 10.1. The van der Waals surface area contributed by atoms with E-state index in [9.17, 15) is 13.6 Å². The average Bonchev–Trinajstić information content (AvgIpc) is 2.46. The highest BCUT2D eigenvalue weighted by Crippen LogP contribution is 2.18. The van der Waals surface area contributed by atoms with Gasteiger partial charge in [0, 0.05) is 12.3 Å². The molecule has 0 aromatic heterocycles. The monoisotopic (exact) mass is 275 g/mol. The Morgan fingerprint density at radius 1 is 1.15 bits per heavy atom. The molecule has 5 heteroatoms. The van der Waals surface area contributed by atoms with E-state index in [1.54, 1.807) is 24.3 Å². The van der Waals surface area contributed by atoms with E-state index in [0.29, 0.717) is 11.1 Å². The third-order valence-electron chi connectivity index (χ3n) is 2.59. The van der Waals surface area contributed by atoms with Crippen LogP contribution in [0.1, 0.15) is 15.9 Å². The van der Waals surface area contributed by atoms with Crippen molar-refractivity contribution in [3.05, 3.63) is 65.2 Å². The molecule has 102 valence electrons. The lowest BCUT2D eigenvalue weighted by molar-refractivity contribution is 0.0600. The summed E-state index contributed by atoms with van der Waals surface area (Å²) in [6.45, 7) is 0. The first-order valence-electron chi connectivity index (χ1n) is 5.77. The van der Waals surface area contributed by atoms with Crippen molar-refractivity contribution < 1.29 is 18.3 Å². The van der Waals surface area contributed by atoms with Crippen LogP contribution in [0.2, 0.25) is 0 Å². The maximum Gasteiger partial charge on any atom is 0.337 e. The number of nitrogens with zero attached hydrogens (tertiary/aromatic N) is 1. The number of rotatable bonds is 3. The number of esters is 1. The molecule has 2 aromatic rings. The Labute approximate surface area is 114 Å². The molecule has 3 nitrogen and oxygen atoms in total. The van der Waals surface area contributed by atoms with Gasteiger partial charge in [0.05, 0.1) is 18.4 Å². The molecule has 0 aliphatic carbocycles. The minimum atomic E-state index is -0.729. The number of carbonyl (C=O) groups is 1. The zero-order valence-electron chi connectivity index (χ0n) is 10.6. The Balaban J connectivity index is 2.17. The third-order valence-corrected chi connectivity index (χ3v) is 2.59. The Morgan fingerprint density at radius 2 is 1.85 bits per heavy atom. The number of hydrogen-bond acceptors (Lipinski definition) is 3. The molecule has 0 atom stereocenters. The van der Waals surface area contributed by atoms with Crippen LogP contribution < -0.4 is 0 Å². The van der Waals surface area contributed by atoms with Gasteiger partial charge in [0.15, 0.2) is 5.82 Å². The molecular weight excluding hydrogens is 264 g/mol. The molecule has 0 saturated heterocycles. The van der Waals surface area contributed by atoms with Gasteiger partial charge < -0.3 is 4.74 Å². The fourth-order valence-corrected chi connectivity index (χ4v) is 1.55. The normalized spacial score (nSPS) is 10.8. The summed E-state index contributed by atoms with van der Waals surface area (Å²) in [5.74, 6) is -1.81. The standard InChI is InChI=1S/C15H11F2NO2/c1-20-15(19)11-4-2-10(3-5-11)9-18-14-7-6-12(16)8-13(14)17/h2-9H,1H3/b18-9+. The van der Waals surface area contributed by atoms with Gasteiger partial charge in [0.25, 0.3) is 0 Å². The summed E-state index contributed by atoms with van der Waals surface area (Å²) in [5, 5.41) is 0. The van der Waals surface area contributed by atoms with E-state index < -0.39 is 17.6 Å². The second-order valence-corrected chi connectivity index (χ2v) is 3.97. The van der Waals surface area contributed by atoms with E-state index in [2.05, 4.69) is 9.73 Å².